The molecule has 0 aromatic heterocycles. The van der Waals surface area contributed by atoms with Crippen LogP contribution in [0.1, 0.15) is 24.0 Å². The van der Waals surface area contributed by atoms with Crippen molar-refractivity contribution >= 4 is 10.0 Å². The van der Waals surface area contributed by atoms with E-state index >= 15 is 0 Å². The van der Waals surface area contributed by atoms with Crippen LogP contribution in [0.2, 0.25) is 0 Å². The van der Waals surface area contributed by atoms with Crippen molar-refractivity contribution in [3.05, 3.63) is 83.5 Å². The van der Waals surface area contributed by atoms with Crippen LogP contribution in [0, 0.1) is 17.2 Å². The number of benzene rings is 2. The summed E-state index contributed by atoms with van der Waals surface area (Å²) >= 11 is 0. The first-order chi connectivity index (χ1) is 15.5. The van der Waals surface area contributed by atoms with Crippen LogP contribution in [-0.4, -0.2) is 32.5 Å². The summed E-state index contributed by atoms with van der Waals surface area (Å²) in [6.45, 7) is 1.01. The van der Waals surface area contributed by atoms with Crippen LogP contribution in [0.15, 0.2) is 77.2 Å². The molecule has 0 amide bonds. The Balaban J connectivity index is 1.72. The number of fused-ring (bicyclic) bond motifs is 1. The minimum atomic E-state index is -3.87. The molecule has 32 heavy (non-hydrogen) atoms. The minimum Gasteiger partial charge on any atom is -0.495 e. The standard InChI is InChI=1S/C25H26N2O4S/c1-30-24-8-4-5-9-25(24)32(28,29)27-16-21-6-2-3-7-22(21)17-31-18-23(27)14-19-10-12-20(15-26)13-11-19/h2-10,12-13,19,23H,11,14,16-18H2,1H3. The summed E-state index contributed by atoms with van der Waals surface area (Å²) in [5, 5.41) is 9.10. The van der Waals surface area contributed by atoms with Crippen molar-refractivity contribution in [1.29, 1.82) is 5.26 Å². The highest BCUT2D eigenvalue weighted by atomic mass is 32.2. The van der Waals surface area contributed by atoms with E-state index in [4.69, 9.17) is 14.7 Å². The molecule has 1 aliphatic carbocycles. The predicted octanol–water partition coefficient (Wildman–Crippen LogP) is 4.20. The van der Waals surface area contributed by atoms with Gasteiger partial charge < -0.3 is 9.47 Å². The van der Waals surface area contributed by atoms with Crippen LogP contribution >= 0.6 is 0 Å². The molecule has 166 valence electrons. The lowest BCUT2D eigenvalue weighted by Crippen LogP contribution is -2.44. The number of nitriles is 1. The Kier molecular flexibility index (Phi) is 6.75. The summed E-state index contributed by atoms with van der Waals surface area (Å²) in [7, 11) is -2.39. The number of hydrogen-bond acceptors (Lipinski definition) is 5. The number of para-hydroxylation sites is 1. The van der Waals surface area contributed by atoms with Crippen LogP contribution in [-0.2, 0) is 27.9 Å². The summed E-state index contributed by atoms with van der Waals surface area (Å²) in [6.07, 6.45) is 7.02. The Morgan fingerprint density at radius 3 is 2.62 bits per heavy atom. The zero-order valence-electron chi connectivity index (χ0n) is 18.0. The van der Waals surface area contributed by atoms with Crippen LogP contribution < -0.4 is 4.74 Å². The zero-order valence-corrected chi connectivity index (χ0v) is 18.8. The van der Waals surface area contributed by atoms with E-state index in [0.29, 0.717) is 37.4 Å². The van der Waals surface area contributed by atoms with Crippen molar-refractivity contribution < 1.29 is 17.9 Å². The summed E-state index contributed by atoms with van der Waals surface area (Å²) in [5.74, 6) is 0.451. The summed E-state index contributed by atoms with van der Waals surface area (Å²) in [4.78, 5) is 0.149. The van der Waals surface area contributed by atoms with Gasteiger partial charge in [-0.2, -0.15) is 9.57 Å². The van der Waals surface area contributed by atoms with Gasteiger partial charge in [0.25, 0.3) is 0 Å². The van der Waals surface area contributed by atoms with E-state index in [2.05, 4.69) is 6.07 Å². The lowest BCUT2D eigenvalue weighted by molar-refractivity contribution is 0.0604. The molecule has 4 rings (SSSR count). The molecule has 7 heteroatoms. The van der Waals surface area contributed by atoms with Gasteiger partial charge in [-0.15, -0.1) is 0 Å². The number of sulfonamides is 1. The quantitative estimate of drug-likeness (QED) is 0.682. The largest absolute Gasteiger partial charge is 0.495 e. The molecule has 1 aliphatic heterocycles. The van der Waals surface area contributed by atoms with E-state index in [1.807, 2.05) is 42.5 Å². The first-order valence-electron chi connectivity index (χ1n) is 10.6. The molecule has 0 saturated heterocycles. The monoisotopic (exact) mass is 450 g/mol. The number of rotatable bonds is 5. The van der Waals surface area contributed by atoms with Crippen molar-refractivity contribution in [1.82, 2.24) is 4.31 Å². The second kappa shape index (κ2) is 9.70. The second-order valence-corrected chi connectivity index (χ2v) is 9.86. The highest BCUT2D eigenvalue weighted by Crippen LogP contribution is 2.33. The topological polar surface area (TPSA) is 79.6 Å². The summed E-state index contributed by atoms with van der Waals surface area (Å²) in [6, 6.07) is 16.3. The minimum absolute atomic E-state index is 0.130. The zero-order chi connectivity index (χ0) is 22.6. The maximum absolute atomic E-state index is 13.9. The van der Waals surface area contributed by atoms with E-state index in [1.54, 1.807) is 28.6 Å². The maximum Gasteiger partial charge on any atom is 0.247 e. The Labute approximate surface area is 189 Å². The lowest BCUT2D eigenvalue weighted by atomic mass is 9.91. The Hall–Kier alpha value is -2.92. The second-order valence-electron chi connectivity index (χ2n) is 8.00. The molecule has 0 N–H and O–H groups in total. The van der Waals surface area contributed by atoms with E-state index < -0.39 is 10.0 Å². The van der Waals surface area contributed by atoms with E-state index in [1.165, 1.54) is 7.11 Å². The van der Waals surface area contributed by atoms with Gasteiger partial charge in [0.2, 0.25) is 10.0 Å². The highest BCUT2D eigenvalue weighted by molar-refractivity contribution is 7.89. The SMILES string of the molecule is COc1ccccc1S(=O)(=O)N1Cc2ccccc2COCC1CC1C=CC(C#N)=CC1. The van der Waals surface area contributed by atoms with Crippen molar-refractivity contribution in [3.8, 4) is 11.8 Å². The molecule has 1 heterocycles. The van der Waals surface area contributed by atoms with Gasteiger partial charge in [-0.1, -0.05) is 48.6 Å². The molecule has 2 aromatic rings. The molecule has 0 saturated carbocycles. The number of hydrogen-bond donors (Lipinski definition) is 0. The van der Waals surface area contributed by atoms with Gasteiger partial charge in [-0.3, -0.25) is 0 Å². The summed E-state index contributed by atoms with van der Waals surface area (Å²) < 4.78 is 40.7. The first kappa shape index (κ1) is 22.3. The molecule has 2 aliphatic rings. The molecule has 0 fully saturated rings. The van der Waals surface area contributed by atoms with Crippen molar-refractivity contribution in [2.24, 2.45) is 5.92 Å². The Bertz CT molecular complexity index is 1180. The van der Waals surface area contributed by atoms with Crippen molar-refractivity contribution in [2.45, 2.75) is 36.9 Å². The molecule has 0 spiro atoms. The fraction of sp³-hybridized carbons (Fsp3) is 0.320. The fourth-order valence-corrected chi connectivity index (χ4v) is 5.99. The molecular weight excluding hydrogens is 424 g/mol. The molecule has 2 unspecified atom stereocenters. The normalized spacial score (nSPS) is 21.6. The molecular formula is C25H26N2O4S. The van der Waals surface area contributed by atoms with Gasteiger partial charge in [-0.05, 0) is 48.1 Å². The number of allylic oxidation sites excluding steroid dienone is 4. The average molecular weight is 451 g/mol. The lowest BCUT2D eigenvalue weighted by Gasteiger charge is -2.35. The van der Waals surface area contributed by atoms with Crippen LogP contribution in [0.3, 0.4) is 0 Å². The van der Waals surface area contributed by atoms with Crippen LogP contribution in [0.4, 0.5) is 0 Å². The van der Waals surface area contributed by atoms with Gasteiger partial charge in [0.05, 0.1) is 26.4 Å². The number of ether oxygens (including phenoxy) is 2. The number of nitrogens with zero attached hydrogens (tertiary/aromatic N) is 2. The maximum atomic E-state index is 13.9. The van der Waals surface area contributed by atoms with Gasteiger partial charge in [0, 0.05) is 18.2 Å². The fourth-order valence-electron chi connectivity index (χ4n) is 4.23. The molecule has 2 aromatic carbocycles. The summed E-state index contributed by atoms with van der Waals surface area (Å²) in [5.41, 5.74) is 2.56. The third-order valence-electron chi connectivity index (χ3n) is 5.97. The Morgan fingerprint density at radius 2 is 1.91 bits per heavy atom. The van der Waals surface area contributed by atoms with Crippen molar-refractivity contribution in [2.75, 3.05) is 13.7 Å². The molecule has 0 bridgehead atoms. The van der Waals surface area contributed by atoms with E-state index in [-0.39, 0.29) is 23.4 Å². The third kappa shape index (κ3) is 4.63. The third-order valence-corrected chi connectivity index (χ3v) is 7.91. The molecule has 2 atom stereocenters. The van der Waals surface area contributed by atoms with E-state index in [0.717, 1.165) is 11.1 Å². The van der Waals surface area contributed by atoms with E-state index in [9.17, 15) is 8.42 Å². The van der Waals surface area contributed by atoms with Crippen molar-refractivity contribution in [3.63, 3.8) is 0 Å². The predicted molar refractivity (Wildman–Crippen MR) is 121 cm³/mol. The van der Waals surface area contributed by atoms with Crippen LogP contribution in [0.25, 0.3) is 0 Å². The van der Waals surface area contributed by atoms with Gasteiger partial charge in [-0.25, -0.2) is 8.42 Å². The first-order valence-corrected chi connectivity index (χ1v) is 12.0. The van der Waals surface area contributed by atoms with Gasteiger partial charge in [0.1, 0.15) is 10.6 Å². The smallest absolute Gasteiger partial charge is 0.247 e. The number of methoxy groups -OCH3 is 1. The average Bonchev–Trinajstić information content (AvgIpc) is 2.81. The van der Waals surface area contributed by atoms with Crippen LogP contribution in [0.5, 0.6) is 5.75 Å². The molecule has 6 nitrogen and oxygen atoms in total. The highest BCUT2D eigenvalue weighted by Gasteiger charge is 2.36. The molecule has 0 radical (unpaired) electrons. The Morgan fingerprint density at radius 1 is 1.16 bits per heavy atom. The van der Waals surface area contributed by atoms with Gasteiger partial charge >= 0.3 is 0 Å². The van der Waals surface area contributed by atoms with Gasteiger partial charge in [0.15, 0.2) is 0 Å².